The molecular weight excluding hydrogens is 232 g/mol. The third kappa shape index (κ3) is 4.46. The van der Waals surface area contributed by atoms with E-state index in [1.54, 1.807) is 0 Å². The zero-order chi connectivity index (χ0) is 13.5. The van der Waals surface area contributed by atoms with Crippen molar-refractivity contribution >= 4 is 5.97 Å². The molecule has 0 heterocycles. The molecule has 0 bridgehead atoms. The zero-order valence-corrected chi connectivity index (χ0v) is 9.25. The van der Waals surface area contributed by atoms with Gasteiger partial charge in [-0.2, -0.15) is 0 Å². The summed E-state index contributed by atoms with van der Waals surface area (Å²) >= 11 is 0. The van der Waals surface area contributed by atoms with Crippen LogP contribution in [-0.4, -0.2) is 28.1 Å². The van der Waals surface area contributed by atoms with E-state index >= 15 is 0 Å². The van der Waals surface area contributed by atoms with E-state index < -0.39 is 34.3 Å². The Hall–Kier alpha value is -2.17. The van der Waals surface area contributed by atoms with E-state index in [1.807, 2.05) is 0 Å². The predicted molar refractivity (Wildman–Crippen MR) is 56.0 cm³/mol. The molecule has 0 radical (unpaired) electrons. The van der Waals surface area contributed by atoms with Crippen LogP contribution < -0.4 is 0 Å². The first-order valence-corrected chi connectivity index (χ1v) is 4.72. The molecule has 0 unspecified atom stereocenters. The maximum absolute atomic E-state index is 11.1. The molecular formula is C9H12N2O6. The van der Waals surface area contributed by atoms with Crippen LogP contribution in [0.4, 0.5) is 0 Å². The number of carbonyl (C=O) groups is 1. The molecule has 0 fully saturated rings. The third-order valence-corrected chi connectivity index (χ3v) is 2.10. The maximum atomic E-state index is 11.1. The Morgan fingerprint density at radius 3 is 2.35 bits per heavy atom. The Kier molecular flexibility index (Phi) is 5.60. The van der Waals surface area contributed by atoms with Crippen LogP contribution in [-0.2, 0) is 9.53 Å². The quantitative estimate of drug-likeness (QED) is 0.162. The van der Waals surface area contributed by atoms with Gasteiger partial charge in [-0.05, 0) is 0 Å². The lowest BCUT2D eigenvalue weighted by molar-refractivity contribution is -0.792. The molecule has 0 aromatic rings. The summed E-state index contributed by atoms with van der Waals surface area (Å²) < 4.78 is 4.61. The van der Waals surface area contributed by atoms with E-state index in [4.69, 9.17) is 6.42 Å². The Labute approximate surface area is 97.2 Å². The number of carbonyl (C=O) groups excluding carboxylic acids is 1. The molecule has 0 spiro atoms. The van der Waals surface area contributed by atoms with Gasteiger partial charge in [0, 0.05) is 6.42 Å². The van der Waals surface area contributed by atoms with Crippen LogP contribution in [0.25, 0.3) is 0 Å². The van der Waals surface area contributed by atoms with Crippen LogP contribution in [0.15, 0.2) is 0 Å². The molecule has 0 aliphatic heterocycles. The Balaban J connectivity index is 4.25. The van der Waals surface area contributed by atoms with E-state index in [0.717, 1.165) is 6.92 Å². The van der Waals surface area contributed by atoms with E-state index in [9.17, 15) is 25.0 Å². The number of rotatable bonds is 7. The van der Waals surface area contributed by atoms with Crippen LogP contribution in [0.3, 0.4) is 0 Å². The van der Waals surface area contributed by atoms with Crippen LogP contribution in [0.1, 0.15) is 26.2 Å². The summed E-state index contributed by atoms with van der Waals surface area (Å²) in [7, 11) is 0. The normalized spacial score (nSPS) is 10.4. The molecule has 0 saturated heterocycles. The zero-order valence-electron chi connectivity index (χ0n) is 9.25. The number of hydrogen-bond donors (Lipinski definition) is 0. The summed E-state index contributed by atoms with van der Waals surface area (Å²) in [5, 5.41) is 21.0. The van der Waals surface area contributed by atoms with Gasteiger partial charge < -0.3 is 4.74 Å². The maximum Gasteiger partial charge on any atom is 0.456 e. The molecule has 0 N–H and O–H groups in total. The summed E-state index contributed by atoms with van der Waals surface area (Å²) in [5.41, 5.74) is -2.37. The second-order valence-corrected chi connectivity index (χ2v) is 3.41. The number of esters is 1. The van der Waals surface area contributed by atoms with Crippen molar-refractivity contribution < 1.29 is 19.4 Å². The van der Waals surface area contributed by atoms with Gasteiger partial charge >= 0.3 is 11.6 Å². The minimum absolute atomic E-state index is 0.00295. The van der Waals surface area contributed by atoms with E-state index in [1.165, 1.54) is 0 Å². The second kappa shape index (κ2) is 6.42. The average Bonchev–Trinajstić information content (AvgIpc) is 2.25. The molecule has 94 valence electrons. The van der Waals surface area contributed by atoms with Crippen molar-refractivity contribution in [3.8, 4) is 12.3 Å². The Bertz CT molecular complexity index is 345. The second-order valence-electron chi connectivity index (χ2n) is 3.41. The first kappa shape index (κ1) is 14.8. The fourth-order valence-electron chi connectivity index (χ4n) is 0.884. The first-order chi connectivity index (χ1) is 7.84. The summed E-state index contributed by atoms with van der Waals surface area (Å²) in [5.74, 6) is 1.50. The molecule has 0 aliphatic rings. The van der Waals surface area contributed by atoms with Crippen LogP contribution in [0.5, 0.6) is 0 Å². The molecule has 0 rings (SSSR count). The molecule has 0 saturated carbocycles. The fraction of sp³-hybridized carbons (Fsp3) is 0.667. The van der Waals surface area contributed by atoms with Crippen molar-refractivity contribution in [2.45, 2.75) is 31.8 Å². The molecule has 8 nitrogen and oxygen atoms in total. The molecule has 0 atom stereocenters. The minimum atomic E-state index is -2.37. The summed E-state index contributed by atoms with van der Waals surface area (Å²) in [6.07, 6.45) is 4.22. The fourth-order valence-corrected chi connectivity index (χ4v) is 0.884. The summed E-state index contributed by atoms with van der Waals surface area (Å²) in [6, 6.07) is 0. The highest BCUT2D eigenvalue weighted by Gasteiger charge is 2.50. The van der Waals surface area contributed by atoms with Crippen molar-refractivity contribution in [3.05, 3.63) is 20.2 Å². The Morgan fingerprint density at radius 1 is 1.41 bits per heavy atom. The van der Waals surface area contributed by atoms with Gasteiger partial charge in [0.25, 0.3) is 0 Å². The topological polar surface area (TPSA) is 113 Å². The van der Waals surface area contributed by atoms with Crippen molar-refractivity contribution in [2.24, 2.45) is 0 Å². The van der Waals surface area contributed by atoms with Crippen molar-refractivity contribution in [2.75, 3.05) is 6.61 Å². The summed E-state index contributed by atoms with van der Waals surface area (Å²) in [4.78, 5) is 30.1. The largest absolute Gasteiger partial charge is 0.465 e. The van der Waals surface area contributed by atoms with Gasteiger partial charge in [0.2, 0.25) is 0 Å². The van der Waals surface area contributed by atoms with Crippen molar-refractivity contribution in [1.29, 1.82) is 0 Å². The molecule has 17 heavy (non-hydrogen) atoms. The van der Waals surface area contributed by atoms with Gasteiger partial charge in [0.1, 0.15) is 6.61 Å². The van der Waals surface area contributed by atoms with E-state index in [2.05, 4.69) is 10.7 Å². The van der Waals surface area contributed by atoms with Crippen LogP contribution >= 0.6 is 0 Å². The molecule has 0 aliphatic carbocycles. The van der Waals surface area contributed by atoms with Gasteiger partial charge in [0.15, 0.2) is 0 Å². The monoisotopic (exact) mass is 244 g/mol. The van der Waals surface area contributed by atoms with Gasteiger partial charge in [-0.25, -0.2) is 0 Å². The predicted octanol–water partition coefficient (Wildman–Crippen LogP) is 0.603. The molecule has 8 heteroatoms. The SMILES string of the molecule is C#CCCOC(=O)CCC(C)([N+](=O)[O-])[N+](=O)[O-]. The lowest BCUT2D eigenvalue weighted by Gasteiger charge is -2.11. The number of ether oxygens (including phenoxy) is 1. The lowest BCUT2D eigenvalue weighted by Crippen LogP contribution is -2.43. The minimum Gasteiger partial charge on any atom is -0.465 e. The highest BCUT2D eigenvalue weighted by Crippen LogP contribution is 2.17. The third-order valence-electron chi connectivity index (χ3n) is 2.10. The number of nitro groups is 2. The van der Waals surface area contributed by atoms with E-state index in [0.29, 0.717) is 0 Å². The van der Waals surface area contributed by atoms with Gasteiger partial charge in [0.05, 0.1) is 29.6 Å². The van der Waals surface area contributed by atoms with Gasteiger partial charge in [-0.15, -0.1) is 12.3 Å². The van der Waals surface area contributed by atoms with Crippen molar-refractivity contribution in [1.82, 2.24) is 0 Å². The van der Waals surface area contributed by atoms with Crippen molar-refractivity contribution in [3.63, 3.8) is 0 Å². The number of nitrogens with zero attached hydrogens (tertiary/aromatic N) is 2. The Morgan fingerprint density at radius 2 is 1.94 bits per heavy atom. The highest BCUT2D eigenvalue weighted by atomic mass is 16.7. The molecule has 0 aromatic carbocycles. The van der Waals surface area contributed by atoms with Gasteiger partial charge in [-0.3, -0.25) is 25.0 Å². The highest BCUT2D eigenvalue weighted by molar-refractivity contribution is 5.69. The summed E-state index contributed by atoms with van der Waals surface area (Å²) in [6.45, 7) is 0.852. The number of hydrogen-bond acceptors (Lipinski definition) is 6. The van der Waals surface area contributed by atoms with Crippen LogP contribution in [0, 0.1) is 32.6 Å². The smallest absolute Gasteiger partial charge is 0.456 e. The number of terminal acetylenes is 1. The van der Waals surface area contributed by atoms with E-state index in [-0.39, 0.29) is 13.0 Å². The molecule has 0 amide bonds. The first-order valence-electron chi connectivity index (χ1n) is 4.72. The molecule has 0 aromatic heterocycles. The standard InChI is InChI=1S/C9H12N2O6/c1-3-4-7-17-8(12)5-6-9(2,10(13)14)11(15)16/h1H,4-7H2,2H3. The van der Waals surface area contributed by atoms with Crippen LogP contribution in [0.2, 0.25) is 0 Å². The van der Waals surface area contributed by atoms with Gasteiger partial charge in [-0.1, -0.05) is 0 Å². The lowest BCUT2D eigenvalue weighted by atomic mass is 10.1. The average molecular weight is 244 g/mol.